The summed E-state index contributed by atoms with van der Waals surface area (Å²) in [4.78, 5) is 2.86. The van der Waals surface area contributed by atoms with Crippen LogP contribution < -0.4 is 5.73 Å². The van der Waals surface area contributed by atoms with E-state index in [0.717, 1.165) is 12.0 Å². The molecule has 0 amide bonds. The van der Waals surface area contributed by atoms with Gasteiger partial charge in [0.1, 0.15) is 0 Å². The van der Waals surface area contributed by atoms with E-state index in [9.17, 15) is 0 Å². The van der Waals surface area contributed by atoms with E-state index in [1.165, 1.54) is 77.2 Å². The van der Waals surface area contributed by atoms with Gasteiger partial charge in [-0.05, 0) is 51.0 Å². The molecule has 0 aromatic rings. The molecule has 3 fully saturated rings. The van der Waals surface area contributed by atoms with E-state index in [1.807, 2.05) is 0 Å². The third kappa shape index (κ3) is 2.60. The summed E-state index contributed by atoms with van der Waals surface area (Å²) in [5.74, 6) is 1.01. The summed E-state index contributed by atoms with van der Waals surface area (Å²) < 4.78 is 0. The number of piperidine rings is 1. The van der Waals surface area contributed by atoms with E-state index in [4.69, 9.17) is 5.73 Å². The number of likely N-dealkylation sites (tertiary alicyclic amines) is 1. The van der Waals surface area contributed by atoms with Gasteiger partial charge in [-0.15, -0.1) is 0 Å². The second kappa shape index (κ2) is 5.92. The Balaban J connectivity index is 1.70. The zero-order valence-corrected chi connectivity index (χ0v) is 11.8. The summed E-state index contributed by atoms with van der Waals surface area (Å²) in [5, 5.41) is 0. The smallest absolute Gasteiger partial charge is 0.0250 e. The summed E-state index contributed by atoms with van der Waals surface area (Å²) >= 11 is 0. The van der Waals surface area contributed by atoms with Gasteiger partial charge < -0.3 is 5.73 Å². The summed E-state index contributed by atoms with van der Waals surface area (Å²) in [7, 11) is 0. The van der Waals surface area contributed by atoms with Crippen molar-refractivity contribution in [3.63, 3.8) is 0 Å². The van der Waals surface area contributed by atoms with E-state index < -0.39 is 0 Å². The Bertz CT molecular complexity index is 266. The first-order valence-corrected chi connectivity index (χ1v) is 8.37. The Labute approximate surface area is 112 Å². The van der Waals surface area contributed by atoms with Gasteiger partial charge in [0.25, 0.3) is 0 Å². The van der Waals surface area contributed by atoms with E-state index >= 15 is 0 Å². The minimum Gasteiger partial charge on any atom is -0.326 e. The Morgan fingerprint density at radius 1 is 0.667 bits per heavy atom. The lowest BCUT2D eigenvalue weighted by atomic mass is 9.85. The molecule has 2 aliphatic carbocycles. The molecule has 2 saturated carbocycles. The molecule has 4 atom stereocenters. The molecular formula is C16H30N2. The molecule has 104 valence electrons. The van der Waals surface area contributed by atoms with Crippen LogP contribution in [0.5, 0.6) is 0 Å². The largest absolute Gasteiger partial charge is 0.326 e. The highest BCUT2D eigenvalue weighted by atomic mass is 15.2. The lowest BCUT2D eigenvalue weighted by Gasteiger charge is -2.45. The minimum absolute atomic E-state index is 0.449. The maximum absolute atomic E-state index is 6.52. The number of rotatable bonds is 1. The van der Waals surface area contributed by atoms with Crippen molar-refractivity contribution < 1.29 is 0 Å². The van der Waals surface area contributed by atoms with Crippen LogP contribution in [0.3, 0.4) is 0 Å². The highest BCUT2D eigenvalue weighted by Gasteiger charge is 2.39. The van der Waals surface area contributed by atoms with Gasteiger partial charge in [0, 0.05) is 18.1 Å². The first-order valence-electron chi connectivity index (χ1n) is 8.37. The maximum atomic E-state index is 6.52. The van der Waals surface area contributed by atoms with Crippen LogP contribution in [0.15, 0.2) is 0 Å². The number of nitrogens with two attached hydrogens (primary N) is 1. The Hall–Kier alpha value is -0.0800. The van der Waals surface area contributed by atoms with Crippen LogP contribution in [0, 0.1) is 5.92 Å². The van der Waals surface area contributed by atoms with Crippen molar-refractivity contribution in [2.75, 3.05) is 6.54 Å². The van der Waals surface area contributed by atoms with Crippen LogP contribution >= 0.6 is 0 Å². The molecule has 2 N–H and O–H groups in total. The van der Waals surface area contributed by atoms with Gasteiger partial charge in [-0.2, -0.15) is 0 Å². The molecule has 1 saturated heterocycles. The Morgan fingerprint density at radius 2 is 1.39 bits per heavy atom. The lowest BCUT2D eigenvalue weighted by molar-refractivity contribution is 0.0458. The molecule has 18 heavy (non-hydrogen) atoms. The average molecular weight is 250 g/mol. The molecule has 0 bridgehead atoms. The number of fused-ring (bicyclic) bond motifs is 1. The van der Waals surface area contributed by atoms with Gasteiger partial charge in [0.15, 0.2) is 0 Å². The van der Waals surface area contributed by atoms with Gasteiger partial charge in [0.05, 0.1) is 0 Å². The molecule has 3 aliphatic rings. The molecule has 2 heteroatoms. The summed E-state index contributed by atoms with van der Waals surface area (Å²) in [6, 6.07) is 2.05. The molecule has 1 aliphatic heterocycles. The van der Waals surface area contributed by atoms with Gasteiger partial charge in [0.2, 0.25) is 0 Å². The van der Waals surface area contributed by atoms with Crippen molar-refractivity contribution in [1.29, 1.82) is 0 Å². The standard InChI is InChI=1S/C16H30N2/c17-14-9-3-1-2-4-10-16(14)18-12-6-8-13-7-5-11-15(13)18/h13-16H,1-12,17H2. The summed E-state index contributed by atoms with van der Waals surface area (Å²) in [5.41, 5.74) is 6.52. The van der Waals surface area contributed by atoms with Crippen molar-refractivity contribution in [3.8, 4) is 0 Å². The predicted molar refractivity (Wildman–Crippen MR) is 76.5 cm³/mol. The highest BCUT2D eigenvalue weighted by molar-refractivity contribution is 4.95. The molecule has 1 heterocycles. The third-order valence-electron chi connectivity index (χ3n) is 5.74. The summed E-state index contributed by atoms with van der Waals surface area (Å²) in [6.45, 7) is 1.33. The van der Waals surface area contributed by atoms with Crippen LogP contribution in [0.1, 0.15) is 70.6 Å². The minimum atomic E-state index is 0.449. The number of hydrogen-bond acceptors (Lipinski definition) is 2. The molecule has 0 radical (unpaired) electrons. The second-order valence-electron chi connectivity index (χ2n) is 6.86. The quantitative estimate of drug-likeness (QED) is 0.773. The van der Waals surface area contributed by atoms with Crippen LogP contribution in [-0.2, 0) is 0 Å². The van der Waals surface area contributed by atoms with E-state index in [0.29, 0.717) is 12.1 Å². The first kappa shape index (κ1) is 12.9. The molecular weight excluding hydrogens is 220 g/mol. The fraction of sp³-hybridized carbons (Fsp3) is 1.00. The van der Waals surface area contributed by atoms with Crippen molar-refractivity contribution in [2.45, 2.75) is 88.8 Å². The maximum Gasteiger partial charge on any atom is 0.0250 e. The normalized spacial score (nSPS) is 43.2. The van der Waals surface area contributed by atoms with E-state index in [2.05, 4.69) is 4.90 Å². The van der Waals surface area contributed by atoms with E-state index in [1.54, 1.807) is 0 Å². The topological polar surface area (TPSA) is 29.3 Å². The molecule has 0 aromatic heterocycles. The Kier molecular flexibility index (Phi) is 4.25. The fourth-order valence-corrected chi connectivity index (χ4v) is 4.81. The predicted octanol–water partition coefficient (Wildman–Crippen LogP) is 3.30. The van der Waals surface area contributed by atoms with Crippen LogP contribution in [-0.4, -0.2) is 29.6 Å². The number of hydrogen-bond donors (Lipinski definition) is 1. The van der Waals surface area contributed by atoms with Crippen LogP contribution in [0.2, 0.25) is 0 Å². The van der Waals surface area contributed by atoms with Crippen LogP contribution in [0.4, 0.5) is 0 Å². The van der Waals surface area contributed by atoms with Gasteiger partial charge in [-0.3, -0.25) is 4.90 Å². The average Bonchev–Trinajstić information content (AvgIpc) is 2.83. The second-order valence-corrected chi connectivity index (χ2v) is 6.86. The zero-order chi connectivity index (χ0) is 12.4. The van der Waals surface area contributed by atoms with Crippen molar-refractivity contribution in [2.24, 2.45) is 11.7 Å². The Morgan fingerprint density at radius 3 is 2.28 bits per heavy atom. The number of nitrogens with zero attached hydrogens (tertiary/aromatic N) is 1. The third-order valence-corrected chi connectivity index (χ3v) is 5.74. The van der Waals surface area contributed by atoms with Crippen LogP contribution in [0.25, 0.3) is 0 Å². The molecule has 0 spiro atoms. The van der Waals surface area contributed by atoms with Gasteiger partial charge in [-0.25, -0.2) is 0 Å². The molecule has 4 unspecified atom stereocenters. The van der Waals surface area contributed by atoms with Crippen molar-refractivity contribution in [1.82, 2.24) is 4.90 Å². The monoisotopic (exact) mass is 250 g/mol. The van der Waals surface area contributed by atoms with Crippen molar-refractivity contribution in [3.05, 3.63) is 0 Å². The lowest BCUT2D eigenvalue weighted by Crippen LogP contribution is -2.55. The fourth-order valence-electron chi connectivity index (χ4n) is 4.81. The van der Waals surface area contributed by atoms with Crippen molar-refractivity contribution >= 4 is 0 Å². The van der Waals surface area contributed by atoms with Gasteiger partial charge in [-0.1, -0.05) is 32.1 Å². The SMILES string of the molecule is NC1CCCCCCC1N1CCCC2CCCC21. The summed E-state index contributed by atoms with van der Waals surface area (Å²) in [6.07, 6.45) is 15.6. The zero-order valence-electron chi connectivity index (χ0n) is 11.8. The molecule has 3 rings (SSSR count). The van der Waals surface area contributed by atoms with Gasteiger partial charge >= 0.3 is 0 Å². The van der Waals surface area contributed by atoms with E-state index in [-0.39, 0.29) is 0 Å². The first-order chi connectivity index (χ1) is 8.86. The highest BCUT2D eigenvalue weighted by Crippen LogP contribution is 2.39. The molecule has 2 nitrogen and oxygen atoms in total. The molecule has 0 aromatic carbocycles.